The number of amides is 1. The predicted molar refractivity (Wildman–Crippen MR) is 44.0 cm³/mol. The fraction of sp³-hybridized carbons (Fsp3) is 0.875. The first-order chi connectivity index (χ1) is 5.09. The maximum absolute atomic E-state index is 11.1. The van der Waals surface area contributed by atoms with Gasteiger partial charge in [0.25, 0.3) is 0 Å². The van der Waals surface area contributed by atoms with Crippen molar-refractivity contribution in [2.45, 2.75) is 38.8 Å². The lowest BCUT2D eigenvalue weighted by Crippen LogP contribution is -2.30. The summed E-state index contributed by atoms with van der Waals surface area (Å²) in [6.07, 6.45) is 1.56. The molecule has 1 aliphatic rings. The molecule has 2 atom stereocenters. The van der Waals surface area contributed by atoms with Crippen molar-refractivity contribution in [1.82, 2.24) is 5.32 Å². The van der Waals surface area contributed by atoms with Crippen molar-refractivity contribution in [3.05, 3.63) is 0 Å². The van der Waals surface area contributed by atoms with Crippen LogP contribution in [-0.4, -0.2) is 18.0 Å². The van der Waals surface area contributed by atoms with Gasteiger partial charge in [-0.25, -0.2) is 0 Å². The van der Waals surface area contributed by atoms with Crippen LogP contribution >= 0.6 is 0 Å². The summed E-state index contributed by atoms with van der Waals surface area (Å²) in [5.41, 5.74) is 5.53. The third kappa shape index (κ3) is 2.89. The van der Waals surface area contributed by atoms with Crippen LogP contribution in [0.1, 0.15) is 26.7 Å². The van der Waals surface area contributed by atoms with E-state index in [2.05, 4.69) is 5.32 Å². The van der Waals surface area contributed by atoms with Gasteiger partial charge in [0.1, 0.15) is 0 Å². The standard InChI is InChI=1S/C8H16N2O/c1-5(2)3-8(11)10-7-4-6(7)9/h5-7H,3-4,9H2,1-2H3,(H,10,11). The quantitative estimate of drug-likeness (QED) is 0.615. The number of hydrogen-bond donors (Lipinski definition) is 2. The fourth-order valence-corrected chi connectivity index (χ4v) is 1.02. The summed E-state index contributed by atoms with van der Waals surface area (Å²) in [7, 11) is 0. The average Bonchev–Trinajstić information content (AvgIpc) is 2.43. The first kappa shape index (κ1) is 8.53. The van der Waals surface area contributed by atoms with Crippen LogP contribution in [0.3, 0.4) is 0 Å². The molecule has 1 aliphatic carbocycles. The molecule has 0 spiro atoms. The van der Waals surface area contributed by atoms with Crippen LogP contribution in [0.25, 0.3) is 0 Å². The summed E-state index contributed by atoms with van der Waals surface area (Å²) < 4.78 is 0. The maximum atomic E-state index is 11.1. The molecule has 0 aromatic carbocycles. The molecule has 0 aromatic rings. The topological polar surface area (TPSA) is 55.1 Å². The smallest absolute Gasteiger partial charge is 0.220 e. The number of hydrogen-bond acceptors (Lipinski definition) is 2. The SMILES string of the molecule is CC(C)CC(=O)NC1CC1N. The minimum atomic E-state index is 0.137. The van der Waals surface area contributed by atoms with Gasteiger partial charge in [0.2, 0.25) is 5.91 Å². The van der Waals surface area contributed by atoms with Crippen molar-refractivity contribution in [1.29, 1.82) is 0 Å². The molecule has 0 radical (unpaired) electrons. The van der Waals surface area contributed by atoms with E-state index < -0.39 is 0 Å². The number of nitrogens with one attached hydrogen (secondary N) is 1. The number of carbonyl (C=O) groups excluding carboxylic acids is 1. The van der Waals surface area contributed by atoms with Crippen molar-refractivity contribution >= 4 is 5.91 Å². The van der Waals surface area contributed by atoms with Crippen LogP contribution in [0.15, 0.2) is 0 Å². The molecule has 1 fully saturated rings. The molecule has 3 nitrogen and oxygen atoms in total. The van der Waals surface area contributed by atoms with Gasteiger partial charge in [0.15, 0.2) is 0 Å². The summed E-state index contributed by atoms with van der Waals surface area (Å²) in [6, 6.07) is 0.479. The van der Waals surface area contributed by atoms with E-state index in [0.29, 0.717) is 12.3 Å². The lowest BCUT2D eigenvalue weighted by atomic mass is 10.1. The highest BCUT2D eigenvalue weighted by molar-refractivity contribution is 5.76. The number of carbonyl (C=O) groups is 1. The van der Waals surface area contributed by atoms with Crippen molar-refractivity contribution < 1.29 is 4.79 Å². The van der Waals surface area contributed by atoms with Crippen LogP contribution in [0.4, 0.5) is 0 Å². The lowest BCUT2D eigenvalue weighted by molar-refractivity contribution is -0.121. The highest BCUT2D eigenvalue weighted by Gasteiger charge is 2.34. The molecule has 1 saturated carbocycles. The van der Waals surface area contributed by atoms with Gasteiger partial charge in [-0.3, -0.25) is 4.79 Å². The van der Waals surface area contributed by atoms with E-state index in [9.17, 15) is 4.79 Å². The molecule has 3 N–H and O–H groups in total. The van der Waals surface area contributed by atoms with Gasteiger partial charge in [-0.2, -0.15) is 0 Å². The summed E-state index contributed by atoms with van der Waals surface area (Å²) in [5.74, 6) is 0.572. The molecule has 0 saturated heterocycles. The van der Waals surface area contributed by atoms with Crippen molar-refractivity contribution in [3.63, 3.8) is 0 Å². The lowest BCUT2D eigenvalue weighted by Gasteiger charge is -2.05. The van der Waals surface area contributed by atoms with E-state index >= 15 is 0 Å². The largest absolute Gasteiger partial charge is 0.352 e. The second-order valence-corrected chi connectivity index (χ2v) is 3.67. The summed E-state index contributed by atoms with van der Waals surface area (Å²) >= 11 is 0. The summed E-state index contributed by atoms with van der Waals surface area (Å²) in [6.45, 7) is 4.07. The van der Waals surface area contributed by atoms with Crippen molar-refractivity contribution in [3.8, 4) is 0 Å². The van der Waals surface area contributed by atoms with Gasteiger partial charge in [-0.1, -0.05) is 13.8 Å². The van der Waals surface area contributed by atoms with E-state index in [1.54, 1.807) is 0 Å². The first-order valence-electron chi connectivity index (χ1n) is 4.14. The van der Waals surface area contributed by atoms with Crippen LogP contribution in [0, 0.1) is 5.92 Å². The molecule has 3 heteroatoms. The number of rotatable bonds is 3. The van der Waals surface area contributed by atoms with Crippen LogP contribution < -0.4 is 11.1 Å². The van der Waals surface area contributed by atoms with E-state index in [1.807, 2.05) is 13.8 Å². The minimum Gasteiger partial charge on any atom is -0.352 e. The normalized spacial score (nSPS) is 28.7. The number of nitrogens with two attached hydrogens (primary N) is 1. The maximum Gasteiger partial charge on any atom is 0.220 e. The zero-order valence-corrected chi connectivity index (χ0v) is 7.13. The summed E-state index contributed by atoms with van der Waals surface area (Å²) in [5, 5.41) is 2.87. The molecule has 0 aliphatic heterocycles. The third-order valence-corrected chi connectivity index (χ3v) is 1.78. The van der Waals surface area contributed by atoms with Crippen LogP contribution in [0.2, 0.25) is 0 Å². The van der Waals surface area contributed by atoms with E-state index in [0.717, 1.165) is 6.42 Å². The average molecular weight is 156 g/mol. The van der Waals surface area contributed by atoms with Gasteiger partial charge < -0.3 is 11.1 Å². The van der Waals surface area contributed by atoms with Gasteiger partial charge in [0.05, 0.1) is 0 Å². The van der Waals surface area contributed by atoms with Crippen molar-refractivity contribution in [2.75, 3.05) is 0 Å². The Bertz CT molecular complexity index is 156. The Morgan fingerprint density at radius 1 is 1.73 bits per heavy atom. The highest BCUT2D eigenvalue weighted by atomic mass is 16.1. The molecule has 0 aromatic heterocycles. The highest BCUT2D eigenvalue weighted by Crippen LogP contribution is 2.18. The zero-order chi connectivity index (χ0) is 8.43. The Hall–Kier alpha value is -0.570. The van der Waals surface area contributed by atoms with E-state index in [-0.39, 0.29) is 18.0 Å². The first-order valence-corrected chi connectivity index (χ1v) is 4.14. The van der Waals surface area contributed by atoms with Gasteiger partial charge in [-0.15, -0.1) is 0 Å². The molecule has 1 rings (SSSR count). The predicted octanol–water partition coefficient (Wildman–Crippen LogP) is 0.248. The van der Waals surface area contributed by atoms with Crippen LogP contribution in [-0.2, 0) is 4.79 Å². The molecular formula is C8H16N2O. The van der Waals surface area contributed by atoms with E-state index in [1.165, 1.54) is 0 Å². The fourth-order valence-electron chi connectivity index (χ4n) is 1.02. The molecule has 64 valence electrons. The van der Waals surface area contributed by atoms with Gasteiger partial charge in [-0.05, 0) is 12.3 Å². The summed E-state index contributed by atoms with van der Waals surface area (Å²) in [4.78, 5) is 11.1. The zero-order valence-electron chi connectivity index (χ0n) is 7.13. The Morgan fingerprint density at radius 3 is 2.64 bits per heavy atom. The molecule has 11 heavy (non-hydrogen) atoms. The Kier molecular flexibility index (Phi) is 2.49. The van der Waals surface area contributed by atoms with Gasteiger partial charge in [0, 0.05) is 18.5 Å². The third-order valence-electron chi connectivity index (χ3n) is 1.78. The Morgan fingerprint density at radius 2 is 2.27 bits per heavy atom. The van der Waals surface area contributed by atoms with Gasteiger partial charge >= 0.3 is 0 Å². The Labute approximate surface area is 67.3 Å². The molecule has 0 bridgehead atoms. The molecule has 0 heterocycles. The monoisotopic (exact) mass is 156 g/mol. The second kappa shape index (κ2) is 3.22. The van der Waals surface area contributed by atoms with Crippen LogP contribution in [0.5, 0.6) is 0 Å². The van der Waals surface area contributed by atoms with Crippen molar-refractivity contribution in [2.24, 2.45) is 11.7 Å². The molecule has 1 amide bonds. The van der Waals surface area contributed by atoms with E-state index in [4.69, 9.17) is 5.73 Å². The molecule has 2 unspecified atom stereocenters. The second-order valence-electron chi connectivity index (χ2n) is 3.67. The molecular weight excluding hydrogens is 140 g/mol. The minimum absolute atomic E-state index is 0.137. The Balaban J connectivity index is 2.11.